The Labute approximate surface area is 162 Å². The predicted molar refractivity (Wildman–Crippen MR) is 131 cm³/mol. The average molecular weight is 407 g/mol. The Balaban J connectivity index is 3.58. The van der Waals surface area contributed by atoms with Gasteiger partial charge in [-0.1, -0.05) is 119 Å². The van der Waals surface area contributed by atoms with Crippen LogP contribution >= 0.6 is 0 Å². The molecule has 1 unspecified atom stereocenters. The summed E-state index contributed by atoms with van der Waals surface area (Å²) in [4.78, 5) is 1.03. The molecule has 0 aromatic heterocycles. The summed E-state index contributed by atoms with van der Waals surface area (Å²) >= 11 is 0. The molecule has 1 rings (SSSR count). The number of hydrogen-bond donors (Lipinski definition) is 0. The molecule has 142 valence electrons. The third kappa shape index (κ3) is 5.41. The maximum absolute atomic E-state index is 3.92. The standard InChI is InChI=1S/C21H42Si4/c1-13-18-14-16-19(17-15-18)20(22(2,3)4)25(11,12)21(23(5,6)7)24(8,9)10/h13-17,20-21H,1H2,2-12H3. The lowest BCUT2D eigenvalue weighted by Crippen LogP contribution is -2.63. The maximum Gasteiger partial charge on any atom is 0.0503 e. The van der Waals surface area contributed by atoms with Gasteiger partial charge in [0.1, 0.15) is 0 Å². The zero-order chi connectivity index (χ0) is 19.8. The molecule has 1 aromatic carbocycles. The van der Waals surface area contributed by atoms with E-state index in [1.807, 2.05) is 6.08 Å². The number of benzene rings is 1. The summed E-state index contributed by atoms with van der Waals surface area (Å²) in [7, 11) is -5.25. The van der Waals surface area contributed by atoms with Gasteiger partial charge < -0.3 is 0 Å². The van der Waals surface area contributed by atoms with Crippen molar-refractivity contribution < 1.29 is 0 Å². The highest BCUT2D eigenvalue weighted by Gasteiger charge is 2.54. The maximum atomic E-state index is 3.92. The van der Waals surface area contributed by atoms with Crippen LogP contribution in [0.2, 0.25) is 76.8 Å². The first-order valence-corrected chi connectivity index (χ1v) is 23.6. The smallest absolute Gasteiger partial charge is 0.0503 e. The van der Waals surface area contributed by atoms with Gasteiger partial charge in [0.2, 0.25) is 0 Å². The molecule has 0 aliphatic rings. The SMILES string of the molecule is C=Cc1ccc(C([Si](C)(C)C)[Si](C)(C)C([Si](C)(C)C)[Si](C)(C)C)cc1. The molecule has 1 atom stereocenters. The minimum absolute atomic E-state index is 0.822. The van der Waals surface area contributed by atoms with Crippen LogP contribution in [0.25, 0.3) is 6.08 Å². The van der Waals surface area contributed by atoms with Crippen molar-refractivity contribution >= 4 is 38.4 Å². The lowest BCUT2D eigenvalue weighted by Gasteiger charge is -2.54. The first-order valence-electron chi connectivity index (χ1n) is 9.75. The monoisotopic (exact) mass is 406 g/mol. The third-order valence-corrected chi connectivity index (χ3v) is 34.1. The van der Waals surface area contributed by atoms with Crippen molar-refractivity contribution in [2.45, 2.75) is 82.0 Å². The molecule has 1 aromatic rings. The van der Waals surface area contributed by atoms with Gasteiger partial charge in [-0.3, -0.25) is 0 Å². The fourth-order valence-corrected chi connectivity index (χ4v) is 48.8. The molecule has 25 heavy (non-hydrogen) atoms. The Morgan fingerprint density at radius 3 is 1.36 bits per heavy atom. The van der Waals surface area contributed by atoms with E-state index in [0.29, 0.717) is 0 Å². The highest BCUT2D eigenvalue weighted by atomic mass is 28.5. The first kappa shape index (κ1) is 22.9. The van der Waals surface area contributed by atoms with Gasteiger partial charge >= 0.3 is 0 Å². The van der Waals surface area contributed by atoms with E-state index in [1.54, 1.807) is 5.56 Å². The molecule has 0 saturated carbocycles. The lowest BCUT2D eigenvalue weighted by atomic mass is 10.1. The number of rotatable bonds is 7. The van der Waals surface area contributed by atoms with Gasteiger partial charge in [-0.2, -0.15) is 0 Å². The summed E-state index contributed by atoms with van der Waals surface area (Å²) in [6.07, 6.45) is 1.96. The van der Waals surface area contributed by atoms with E-state index >= 15 is 0 Å². The molecular weight excluding hydrogens is 365 g/mol. The molecular formula is C21H42Si4. The Morgan fingerprint density at radius 2 is 1.08 bits per heavy atom. The highest BCUT2D eigenvalue weighted by molar-refractivity contribution is 7.16. The van der Waals surface area contributed by atoms with Crippen molar-refractivity contribution in [3.63, 3.8) is 0 Å². The third-order valence-electron chi connectivity index (χ3n) is 5.59. The summed E-state index contributed by atoms with van der Waals surface area (Å²) in [6, 6.07) is 9.39. The van der Waals surface area contributed by atoms with Crippen molar-refractivity contribution in [1.29, 1.82) is 0 Å². The molecule has 0 saturated heterocycles. The largest absolute Gasteiger partial charge is 0.0985 e. The Kier molecular flexibility index (Phi) is 6.81. The van der Waals surface area contributed by atoms with E-state index in [1.165, 1.54) is 5.56 Å². The van der Waals surface area contributed by atoms with Crippen molar-refractivity contribution in [3.05, 3.63) is 42.0 Å². The molecule has 0 spiro atoms. The van der Waals surface area contributed by atoms with Gasteiger partial charge in [-0.05, 0) is 10.7 Å². The van der Waals surface area contributed by atoms with E-state index < -0.39 is 32.3 Å². The van der Waals surface area contributed by atoms with Crippen molar-refractivity contribution in [2.75, 3.05) is 0 Å². The summed E-state index contributed by atoms with van der Waals surface area (Å²) < 4.78 is 0. The van der Waals surface area contributed by atoms with Gasteiger partial charge in [-0.15, -0.1) is 0 Å². The van der Waals surface area contributed by atoms with Gasteiger partial charge in [0.05, 0.1) is 8.07 Å². The van der Waals surface area contributed by atoms with Crippen LogP contribution in [0.15, 0.2) is 30.8 Å². The van der Waals surface area contributed by atoms with Gasteiger partial charge in [-0.25, -0.2) is 0 Å². The summed E-state index contributed by atoms with van der Waals surface area (Å²) in [5, 5.41) is 0.822. The van der Waals surface area contributed by atoms with E-state index in [0.717, 1.165) is 9.95 Å². The van der Waals surface area contributed by atoms with Crippen molar-refractivity contribution in [1.82, 2.24) is 0 Å². The Hall–Kier alpha value is -0.172. The Bertz CT molecular complexity index is 566. The topological polar surface area (TPSA) is 0 Å². The quantitative estimate of drug-likeness (QED) is 0.407. The van der Waals surface area contributed by atoms with Gasteiger partial charge in [0.25, 0.3) is 0 Å². The molecule has 4 heteroatoms. The average Bonchev–Trinajstić information content (AvgIpc) is 2.33. The van der Waals surface area contributed by atoms with E-state index in [4.69, 9.17) is 0 Å². The highest BCUT2D eigenvalue weighted by Crippen LogP contribution is 2.49. The fourth-order valence-electron chi connectivity index (χ4n) is 6.57. The molecule has 0 heterocycles. The first-order chi connectivity index (χ1) is 11.0. The molecule has 0 N–H and O–H groups in total. The van der Waals surface area contributed by atoms with Crippen LogP contribution in [-0.4, -0.2) is 32.3 Å². The fraction of sp³-hybridized carbons (Fsp3) is 0.619. The number of hydrogen-bond acceptors (Lipinski definition) is 0. The van der Waals surface area contributed by atoms with Crippen LogP contribution in [0.4, 0.5) is 0 Å². The zero-order valence-electron chi connectivity index (χ0n) is 18.7. The normalized spacial score (nSPS) is 15.4. The van der Waals surface area contributed by atoms with Crippen molar-refractivity contribution in [2.24, 2.45) is 0 Å². The predicted octanol–water partition coefficient (Wildman–Crippen LogP) is 7.66. The molecule has 0 aliphatic carbocycles. The second kappa shape index (κ2) is 7.45. The zero-order valence-corrected chi connectivity index (χ0v) is 22.7. The van der Waals surface area contributed by atoms with Crippen LogP contribution in [0, 0.1) is 0 Å². The van der Waals surface area contributed by atoms with E-state index in [9.17, 15) is 0 Å². The minimum Gasteiger partial charge on any atom is -0.0985 e. The van der Waals surface area contributed by atoms with Crippen LogP contribution in [0.5, 0.6) is 0 Å². The molecule has 0 nitrogen and oxygen atoms in total. The summed E-state index contributed by atoms with van der Waals surface area (Å²) in [6.45, 7) is 33.0. The van der Waals surface area contributed by atoms with E-state index in [-0.39, 0.29) is 0 Å². The Morgan fingerprint density at radius 1 is 0.680 bits per heavy atom. The van der Waals surface area contributed by atoms with Crippen LogP contribution < -0.4 is 0 Å². The molecule has 0 amide bonds. The van der Waals surface area contributed by atoms with Crippen LogP contribution in [-0.2, 0) is 0 Å². The van der Waals surface area contributed by atoms with Gasteiger partial charge in [0, 0.05) is 24.2 Å². The molecule has 0 radical (unpaired) electrons. The second-order valence-electron chi connectivity index (χ2n) is 11.7. The van der Waals surface area contributed by atoms with Crippen LogP contribution in [0.3, 0.4) is 0 Å². The van der Waals surface area contributed by atoms with E-state index in [2.05, 4.69) is 103 Å². The summed E-state index contributed by atoms with van der Waals surface area (Å²) in [5.74, 6) is 0. The van der Waals surface area contributed by atoms with Crippen LogP contribution in [0.1, 0.15) is 16.3 Å². The molecule has 0 bridgehead atoms. The lowest BCUT2D eigenvalue weighted by molar-refractivity contribution is 1.13. The second-order valence-corrected chi connectivity index (χ2v) is 34.7. The van der Waals surface area contributed by atoms with Crippen molar-refractivity contribution in [3.8, 4) is 0 Å². The minimum atomic E-state index is -1.48. The van der Waals surface area contributed by atoms with Gasteiger partial charge in [0.15, 0.2) is 0 Å². The molecule has 0 fully saturated rings. The molecule has 0 aliphatic heterocycles. The summed E-state index contributed by atoms with van der Waals surface area (Å²) in [5.41, 5.74) is 2.85.